The number of benzene rings is 1. The molecule has 3 atom stereocenters. The average molecular weight is 355 g/mol. The summed E-state index contributed by atoms with van der Waals surface area (Å²) in [6, 6.07) is 10.4. The Kier molecular flexibility index (Phi) is 5.59. The molecule has 3 aliphatic rings. The Balaban J connectivity index is 1.68. The molecule has 3 fully saturated rings. The molecule has 0 aromatic heterocycles. The van der Waals surface area contributed by atoms with Gasteiger partial charge in [-0.05, 0) is 70.0 Å². The van der Waals surface area contributed by atoms with Crippen molar-refractivity contribution in [2.24, 2.45) is 11.8 Å². The predicted octanol–water partition coefficient (Wildman–Crippen LogP) is 5.99. The molecule has 2 heteroatoms. The van der Waals surface area contributed by atoms with E-state index in [0.29, 0.717) is 12.2 Å². The normalized spacial score (nSPS) is 32.3. The highest BCUT2D eigenvalue weighted by atomic mass is 15.5. The Morgan fingerprint density at radius 2 is 1.38 bits per heavy atom. The van der Waals surface area contributed by atoms with Gasteiger partial charge in [-0.3, -0.25) is 4.90 Å². The maximum atomic E-state index is 2.84. The molecule has 1 aromatic carbocycles. The highest BCUT2D eigenvalue weighted by Crippen LogP contribution is 2.44. The van der Waals surface area contributed by atoms with Crippen molar-refractivity contribution in [2.75, 3.05) is 11.9 Å². The first-order chi connectivity index (χ1) is 12.7. The second-order valence-electron chi connectivity index (χ2n) is 9.30. The average Bonchev–Trinajstić information content (AvgIpc) is 2.94. The zero-order valence-corrected chi connectivity index (χ0v) is 17.2. The number of nitrogens with zero attached hydrogens (tertiary/aromatic N) is 2. The molecule has 0 radical (unpaired) electrons. The second kappa shape index (κ2) is 7.92. The molecule has 0 N–H and O–H groups in total. The van der Waals surface area contributed by atoms with Gasteiger partial charge in [0.25, 0.3) is 0 Å². The van der Waals surface area contributed by atoms with Crippen LogP contribution in [0.4, 0.5) is 5.69 Å². The van der Waals surface area contributed by atoms with Crippen molar-refractivity contribution in [3.8, 4) is 0 Å². The van der Waals surface area contributed by atoms with Gasteiger partial charge in [0.05, 0.1) is 6.17 Å². The van der Waals surface area contributed by atoms with Crippen LogP contribution in [0.3, 0.4) is 0 Å². The third kappa shape index (κ3) is 3.30. The van der Waals surface area contributed by atoms with Crippen LogP contribution in [-0.4, -0.2) is 30.2 Å². The van der Waals surface area contributed by atoms with Gasteiger partial charge in [-0.2, -0.15) is 0 Å². The summed E-state index contributed by atoms with van der Waals surface area (Å²) in [6.07, 6.45) is 15.0. The van der Waals surface area contributed by atoms with Crippen molar-refractivity contribution in [1.29, 1.82) is 0 Å². The third-order valence-corrected chi connectivity index (χ3v) is 7.70. The molecule has 26 heavy (non-hydrogen) atoms. The Morgan fingerprint density at radius 3 is 2.00 bits per heavy atom. The third-order valence-electron chi connectivity index (χ3n) is 7.70. The lowest BCUT2D eigenvalue weighted by atomic mass is 9.81. The van der Waals surface area contributed by atoms with E-state index in [1.807, 2.05) is 0 Å². The van der Waals surface area contributed by atoms with Gasteiger partial charge >= 0.3 is 0 Å². The summed E-state index contributed by atoms with van der Waals surface area (Å²) in [5.41, 5.74) is 2.93. The van der Waals surface area contributed by atoms with E-state index in [0.717, 1.165) is 17.9 Å². The van der Waals surface area contributed by atoms with Crippen LogP contribution >= 0.6 is 0 Å². The molecule has 2 nitrogen and oxygen atoms in total. The van der Waals surface area contributed by atoms with E-state index >= 15 is 0 Å². The summed E-state index contributed by atoms with van der Waals surface area (Å²) in [6.45, 7) is 4.82. The number of hydrogen-bond acceptors (Lipinski definition) is 2. The first-order valence-electron chi connectivity index (χ1n) is 11.2. The van der Waals surface area contributed by atoms with Crippen molar-refractivity contribution in [1.82, 2.24) is 4.90 Å². The molecule has 1 heterocycles. The fraction of sp³-hybridized carbons (Fsp3) is 0.750. The lowest BCUT2D eigenvalue weighted by Gasteiger charge is -2.40. The first kappa shape index (κ1) is 18.3. The van der Waals surface area contributed by atoms with Crippen molar-refractivity contribution in [2.45, 2.75) is 96.3 Å². The van der Waals surface area contributed by atoms with Crippen LogP contribution in [0.25, 0.3) is 0 Å². The van der Waals surface area contributed by atoms with Crippen molar-refractivity contribution < 1.29 is 0 Å². The maximum absolute atomic E-state index is 2.84. The van der Waals surface area contributed by atoms with Crippen LogP contribution in [0.2, 0.25) is 0 Å². The van der Waals surface area contributed by atoms with Gasteiger partial charge in [-0.1, -0.05) is 56.7 Å². The SMILES string of the molecule is Cc1ccccc1N1C(C2CCCCC2)N(C)C(C2CCCCC2)[C@@H]1C. The zero-order chi connectivity index (χ0) is 18.1. The largest absolute Gasteiger partial charge is 0.351 e. The fourth-order valence-electron chi connectivity index (χ4n) is 6.53. The van der Waals surface area contributed by atoms with E-state index in [9.17, 15) is 0 Å². The molecular weight excluding hydrogens is 316 g/mol. The minimum atomic E-state index is 0.596. The quantitative estimate of drug-likeness (QED) is 0.658. The molecular formula is C24H38N2. The van der Waals surface area contributed by atoms with Crippen molar-refractivity contribution >= 4 is 5.69 Å². The van der Waals surface area contributed by atoms with E-state index < -0.39 is 0 Å². The summed E-state index contributed by atoms with van der Waals surface area (Å²) in [5, 5.41) is 0. The monoisotopic (exact) mass is 354 g/mol. The van der Waals surface area contributed by atoms with Crippen LogP contribution in [0, 0.1) is 18.8 Å². The van der Waals surface area contributed by atoms with E-state index in [1.54, 1.807) is 0 Å². The lowest BCUT2D eigenvalue weighted by Crippen LogP contribution is -2.46. The summed E-state index contributed by atoms with van der Waals surface area (Å²) < 4.78 is 0. The first-order valence-corrected chi connectivity index (χ1v) is 11.2. The predicted molar refractivity (Wildman–Crippen MR) is 112 cm³/mol. The van der Waals surface area contributed by atoms with Crippen LogP contribution in [0.5, 0.6) is 0 Å². The summed E-state index contributed by atoms with van der Waals surface area (Å²) in [7, 11) is 2.45. The standard InChI is InChI=1S/C24H38N2/c1-18-12-10-11-17-22(18)26-19(2)23(20-13-6-4-7-14-20)25(3)24(26)21-15-8-5-9-16-21/h10-12,17,19-21,23-24H,4-9,13-16H2,1-3H3/t19-,23?,24?/m0/s1. The maximum Gasteiger partial charge on any atom is 0.0853 e. The Labute approximate surface area is 161 Å². The van der Waals surface area contributed by atoms with Gasteiger partial charge in [0.1, 0.15) is 0 Å². The Bertz CT molecular complexity index is 586. The van der Waals surface area contributed by atoms with Gasteiger partial charge in [0.2, 0.25) is 0 Å². The van der Waals surface area contributed by atoms with Gasteiger partial charge in [-0.25, -0.2) is 0 Å². The van der Waals surface area contributed by atoms with Crippen LogP contribution in [0.1, 0.15) is 76.7 Å². The zero-order valence-electron chi connectivity index (χ0n) is 17.2. The summed E-state index contributed by atoms with van der Waals surface area (Å²) >= 11 is 0. The number of likely N-dealkylation sites (N-methyl/N-ethyl adjacent to an activating group) is 1. The topological polar surface area (TPSA) is 6.48 Å². The second-order valence-corrected chi connectivity index (χ2v) is 9.30. The highest BCUT2D eigenvalue weighted by Gasteiger charge is 2.49. The minimum Gasteiger partial charge on any atom is -0.351 e. The summed E-state index contributed by atoms with van der Waals surface area (Å²) in [4.78, 5) is 5.66. The van der Waals surface area contributed by atoms with E-state index in [-0.39, 0.29) is 0 Å². The van der Waals surface area contributed by atoms with E-state index in [1.165, 1.54) is 75.5 Å². The smallest absolute Gasteiger partial charge is 0.0853 e. The van der Waals surface area contributed by atoms with Gasteiger partial charge < -0.3 is 4.90 Å². The number of anilines is 1. The molecule has 1 aliphatic heterocycles. The molecule has 2 unspecified atom stereocenters. The summed E-state index contributed by atoms with van der Waals surface area (Å²) in [5.74, 6) is 1.73. The highest BCUT2D eigenvalue weighted by molar-refractivity contribution is 5.56. The van der Waals surface area contributed by atoms with Gasteiger partial charge in [-0.15, -0.1) is 0 Å². The molecule has 0 amide bonds. The van der Waals surface area contributed by atoms with Crippen LogP contribution in [0.15, 0.2) is 24.3 Å². The number of rotatable bonds is 3. The lowest BCUT2D eigenvalue weighted by molar-refractivity contribution is 0.109. The number of aryl methyl sites for hydroxylation is 1. The van der Waals surface area contributed by atoms with Crippen LogP contribution in [-0.2, 0) is 0 Å². The van der Waals surface area contributed by atoms with Gasteiger partial charge in [0, 0.05) is 17.8 Å². The molecule has 144 valence electrons. The minimum absolute atomic E-state index is 0.596. The molecule has 4 rings (SSSR count). The molecule has 1 saturated heterocycles. The molecule has 1 aromatic rings. The van der Waals surface area contributed by atoms with E-state index in [2.05, 4.69) is 55.0 Å². The van der Waals surface area contributed by atoms with E-state index in [4.69, 9.17) is 0 Å². The Hall–Kier alpha value is -1.02. The molecule has 0 bridgehead atoms. The Morgan fingerprint density at radius 1 is 0.808 bits per heavy atom. The number of hydrogen-bond donors (Lipinski definition) is 0. The fourth-order valence-corrected chi connectivity index (χ4v) is 6.53. The molecule has 2 aliphatic carbocycles. The van der Waals surface area contributed by atoms with Crippen molar-refractivity contribution in [3.63, 3.8) is 0 Å². The molecule has 2 saturated carbocycles. The van der Waals surface area contributed by atoms with Crippen molar-refractivity contribution in [3.05, 3.63) is 29.8 Å². The van der Waals surface area contributed by atoms with Crippen LogP contribution < -0.4 is 4.90 Å². The molecule has 0 spiro atoms. The number of para-hydroxylation sites is 1. The van der Waals surface area contributed by atoms with Gasteiger partial charge in [0.15, 0.2) is 0 Å².